The lowest BCUT2D eigenvalue weighted by Gasteiger charge is -2.14. The summed E-state index contributed by atoms with van der Waals surface area (Å²) in [5, 5.41) is 7.24. The van der Waals surface area contributed by atoms with E-state index in [0.717, 1.165) is 26.2 Å². The van der Waals surface area contributed by atoms with E-state index in [9.17, 15) is 4.79 Å². The molecule has 6 nitrogen and oxygen atoms in total. The highest BCUT2D eigenvalue weighted by Gasteiger charge is 2.13. The van der Waals surface area contributed by atoms with E-state index < -0.39 is 5.91 Å². The molecule has 1 amide bonds. The van der Waals surface area contributed by atoms with Crippen LogP contribution in [-0.2, 0) is 6.61 Å². The van der Waals surface area contributed by atoms with Crippen LogP contribution in [0.4, 0.5) is 0 Å². The van der Waals surface area contributed by atoms with Gasteiger partial charge in [-0.05, 0) is 56.5 Å². The zero-order chi connectivity index (χ0) is 24.2. The number of fused-ring (bicyclic) bond motifs is 2. The van der Waals surface area contributed by atoms with E-state index in [-0.39, 0.29) is 5.76 Å². The minimum Gasteiger partial charge on any atom is -0.493 e. The fraction of sp³-hybridized carbons (Fsp3) is 0.0714. The number of rotatable bonds is 7. The maximum absolute atomic E-state index is 12.4. The molecule has 1 N–H and O–H groups in total. The van der Waals surface area contributed by atoms with Crippen LogP contribution in [0.15, 0.2) is 98.9 Å². The molecule has 0 radical (unpaired) electrons. The summed E-state index contributed by atoms with van der Waals surface area (Å²) in [5.74, 6) is 0.905. The van der Waals surface area contributed by atoms with Crippen LogP contribution < -0.4 is 14.9 Å². The van der Waals surface area contributed by atoms with Crippen molar-refractivity contribution in [3.8, 4) is 11.5 Å². The Balaban J connectivity index is 1.29. The number of carbonyl (C=O) groups is 1. The number of carbonyl (C=O) groups excluding carboxylic acids is 1. The van der Waals surface area contributed by atoms with Crippen LogP contribution in [0.5, 0.6) is 11.5 Å². The van der Waals surface area contributed by atoms with Crippen LogP contribution in [-0.4, -0.2) is 19.2 Å². The molecule has 0 spiro atoms. The van der Waals surface area contributed by atoms with Crippen molar-refractivity contribution < 1.29 is 18.7 Å². The number of hydrazone groups is 1. The van der Waals surface area contributed by atoms with Crippen molar-refractivity contribution in [3.05, 3.63) is 106 Å². The summed E-state index contributed by atoms with van der Waals surface area (Å²) >= 11 is 3.55. The molecule has 0 saturated carbocycles. The first-order chi connectivity index (χ1) is 17.1. The van der Waals surface area contributed by atoms with Crippen molar-refractivity contribution in [2.24, 2.45) is 5.10 Å². The molecule has 4 aromatic carbocycles. The summed E-state index contributed by atoms with van der Waals surface area (Å²) in [6.07, 6.45) is 1.53. The highest BCUT2D eigenvalue weighted by Crippen LogP contribution is 2.34. The van der Waals surface area contributed by atoms with E-state index in [2.05, 4.69) is 50.7 Å². The van der Waals surface area contributed by atoms with Crippen molar-refractivity contribution in [1.82, 2.24) is 5.43 Å². The van der Waals surface area contributed by atoms with Crippen molar-refractivity contribution in [2.75, 3.05) is 7.11 Å². The highest BCUT2D eigenvalue weighted by molar-refractivity contribution is 9.10. The quantitative estimate of drug-likeness (QED) is 0.188. The normalized spacial score (nSPS) is 11.3. The molecule has 0 aliphatic carbocycles. The molecule has 0 aliphatic heterocycles. The van der Waals surface area contributed by atoms with E-state index in [1.165, 1.54) is 6.21 Å². The number of para-hydroxylation sites is 1. The third-order valence-electron chi connectivity index (χ3n) is 5.57. The Labute approximate surface area is 210 Å². The Morgan fingerprint density at radius 1 is 0.971 bits per heavy atom. The number of methoxy groups -OCH3 is 1. The summed E-state index contributed by atoms with van der Waals surface area (Å²) in [6.45, 7) is 0.394. The van der Waals surface area contributed by atoms with E-state index in [1.807, 2.05) is 48.5 Å². The number of amides is 1. The van der Waals surface area contributed by atoms with Gasteiger partial charge in [0.15, 0.2) is 17.3 Å². The molecule has 5 aromatic rings. The fourth-order valence-electron chi connectivity index (χ4n) is 3.81. The number of hydrogen-bond acceptors (Lipinski definition) is 5. The van der Waals surface area contributed by atoms with Crippen LogP contribution in [0, 0.1) is 0 Å². The molecule has 1 aromatic heterocycles. The Hall–Kier alpha value is -4.10. The van der Waals surface area contributed by atoms with E-state index in [1.54, 1.807) is 19.2 Å². The Bertz CT molecular complexity index is 1520. The van der Waals surface area contributed by atoms with Crippen molar-refractivity contribution in [2.45, 2.75) is 6.61 Å². The number of nitrogens with zero attached hydrogens (tertiary/aromatic N) is 1. The van der Waals surface area contributed by atoms with Gasteiger partial charge in [-0.1, -0.05) is 60.7 Å². The molecular weight excluding hydrogens is 508 g/mol. The Morgan fingerprint density at radius 2 is 1.74 bits per heavy atom. The van der Waals surface area contributed by atoms with Crippen LogP contribution in [0.2, 0.25) is 0 Å². The summed E-state index contributed by atoms with van der Waals surface area (Å²) in [7, 11) is 1.58. The average Bonchev–Trinajstić information content (AvgIpc) is 3.33. The van der Waals surface area contributed by atoms with Gasteiger partial charge in [0.2, 0.25) is 0 Å². The third kappa shape index (κ3) is 4.90. The number of ether oxygens (including phenoxy) is 2. The number of nitrogens with one attached hydrogen (secondary N) is 1. The van der Waals surface area contributed by atoms with Crippen molar-refractivity contribution in [1.29, 1.82) is 0 Å². The number of furan rings is 1. The van der Waals surface area contributed by atoms with Gasteiger partial charge in [-0.2, -0.15) is 5.10 Å². The number of benzene rings is 4. The molecule has 174 valence electrons. The molecule has 1 heterocycles. The molecule has 5 rings (SSSR count). The van der Waals surface area contributed by atoms with Gasteiger partial charge >= 0.3 is 5.91 Å². The van der Waals surface area contributed by atoms with Gasteiger partial charge in [0.25, 0.3) is 0 Å². The minimum absolute atomic E-state index is 0.192. The molecule has 0 saturated heterocycles. The van der Waals surface area contributed by atoms with Crippen molar-refractivity contribution in [3.63, 3.8) is 0 Å². The number of halogens is 1. The second-order valence-corrected chi connectivity index (χ2v) is 8.65. The van der Waals surface area contributed by atoms with Gasteiger partial charge in [0.1, 0.15) is 12.2 Å². The topological polar surface area (TPSA) is 73.1 Å². The highest BCUT2D eigenvalue weighted by atomic mass is 79.9. The van der Waals surface area contributed by atoms with E-state index in [4.69, 9.17) is 13.9 Å². The fourth-order valence-corrected chi connectivity index (χ4v) is 4.23. The van der Waals surface area contributed by atoms with Crippen LogP contribution in [0.1, 0.15) is 21.7 Å². The van der Waals surface area contributed by atoms with Crippen LogP contribution >= 0.6 is 15.9 Å². The molecule has 0 fully saturated rings. The molecular formula is C28H21BrN2O4. The minimum atomic E-state index is -0.435. The largest absolute Gasteiger partial charge is 0.493 e. The molecule has 7 heteroatoms. The van der Waals surface area contributed by atoms with E-state index in [0.29, 0.717) is 29.3 Å². The average molecular weight is 529 g/mol. The van der Waals surface area contributed by atoms with Gasteiger partial charge in [-0.25, -0.2) is 5.43 Å². The van der Waals surface area contributed by atoms with Crippen molar-refractivity contribution >= 4 is 49.8 Å². The third-order valence-corrected chi connectivity index (χ3v) is 6.25. The van der Waals surface area contributed by atoms with Gasteiger partial charge in [0, 0.05) is 15.4 Å². The molecule has 0 atom stereocenters. The second-order valence-electron chi connectivity index (χ2n) is 7.80. The molecule has 0 unspecified atom stereocenters. The predicted octanol–water partition coefficient (Wildman–Crippen LogP) is 6.70. The summed E-state index contributed by atoms with van der Waals surface area (Å²) in [6, 6.07) is 27.1. The van der Waals surface area contributed by atoms with Gasteiger partial charge in [-0.15, -0.1) is 0 Å². The SMILES string of the molecule is COc1cc(/C=N/NC(=O)c2cc3ccccc3o2)c(Br)cc1OCc1cccc2ccccc12. The smallest absolute Gasteiger partial charge is 0.307 e. The van der Waals surface area contributed by atoms with Gasteiger partial charge in [0.05, 0.1) is 13.3 Å². The first-order valence-corrected chi connectivity index (χ1v) is 11.7. The summed E-state index contributed by atoms with van der Waals surface area (Å²) < 4.78 is 18.0. The monoisotopic (exact) mass is 528 g/mol. The molecule has 35 heavy (non-hydrogen) atoms. The predicted molar refractivity (Wildman–Crippen MR) is 140 cm³/mol. The molecule has 0 bridgehead atoms. The Morgan fingerprint density at radius 3 is 2.57 bits per heavy atom. The van der Waals surface area contributed by atoms with Gasteiger partial charge in [-0.3, -0.25) is 4.79 Å². The lowest BCUT2D eigenvalue weighted by molar-refractivity contribution is 0.0929. The van der Waals surface area contributed by atoms with E-state index >= 15 is 0 Å². The second kappa shape index (κ2) is 10.0. The molecule has 0 aliphatic rings. The Kier molecular flexibility index (Phi) is 6.50. The zero-order valence-corrected chi connectivity index (χ0v) is 20.4. The number of hydrogen-bond donors (Lipinski definition) is 1. The standard InChI is InChI=1S/C28H21BrN2O4/c1-33-25-14-21(16-30-31-28(32)27-13-19-8-3-5-12-24(19)35-27)23(29)15-26(25)34-17-20-10-6-9-18-7-2-4-11-22(18)20/h2-16H,17H2,1H3,(H,31,32)/b30-16+. The van der Waals surface area contributed by atoms with Gasteiger partial charge < -0.3 is 13.9 Å². The lowest BCUT2D eigenvalue weighted by atomic mass is 10.1. The summed E-state index contributed by atoms with van der Waals surface area (Å²) in [4.78, 5) is 12.4. The van der Waals surface area contributed by atoms with Crippen LogP contribution in [0.25, 0.3) is 21.7 Å². The van der Waals surface area contributed by atoms with Crippen LogP contribution in [0.3, 0.4) is 0 Å². The lowest BCUT2D eigenvalue weighted by Crippen LogP contribution is -2.16. The first kappa shape index (κ1) is 22.7. The zero-order valence-electron chi connectivity index (χ0n) is 18.8. The maximum Gasteiger partial charge on any atom is 0.307 e. The first-order valence-electron chi connectivity index (χ1n) is 10.9. The summed E-state index contributed by atoms with van der Waals surface area (Å²) in [5.41, 5.74) is 4.94. The maximum atomic E-state index is 12.4.